The summed E-state index contributed by atoms with van der Waals surface area (Å²) in [5, 5.41) is 8.99. The van der Waals surface area contributed by atoms with Crippen LogP contribution in [0.5, 0.6) is 0 Å². The van der Waals surface area contributed by atoms with Gasteiger partial charge in [0.2, 0.25) is 0 Å². The van der Waals surface area contributed by atoms with Crippen molar-refractivity contribution in [2.75, 3.05) is 24.6 Å². The van der Waals surface area contributed by atoms with Crippen LogP contribution in [0.1, 0.15) is 35.0 Å². The fraction of sp³-hybridized carbons (Fsp3) is 0.545. The van der Waals surface area contributed by atoms with Crippen LogP contribution in [0.4, 0.5) is 5.82 Å². The lowest BCUT2D eigenvalue weighted by Crippen LogP contribution is -2.21. The summed E-state index contributed by atoms with van der Waals surface area (Å²) >= 11 is 1.06. The van der Waals surface area contributed by atoms with Crippen LogP contribution in [0.25, 0.3) is 0 Å². The van der Waals surface area contributed by atoms with Gasteiger partial charge in [-0.15, -0.1) is 0 Å². The molecule has 0 amide bonds. The summed E-state index contributed by atoms with van der Waals surface area (Å²) in [6.45, 7) is 3.83. The molecule has 0 aliphatic carbocycles. The zero-order chi connectivity index (χ0) is 12.3. The number of carbonyl (C=O) groups excluding carboxylic acids is 1. The Morgan fingerprint density at radius 3 is 2.88 bits per heavy atom. The molecule has 1 fully saturated rings. The molecule has 0 spiro atoms. The minimum atomic E-state index is -0.445. The molecule has 1 aliphatic heterocycles. The van der Waals surface area contributed by atoms with E-state index in [-0.39, 0.29) is 0 Å². The molecule has 1 aromatic heterocycles. The molecule has 2 rings (SSSR count). The first-order chi connectivity index (χ1) is 8.27. The first-order valence-electron chi connectivity index (χ1n) is 5.59. The predicted octanol–water partition coefficient (Wildman–Crippen LogP) is 1.79. The van der Waals surface area contributed by atoms with Gasteiger partial charge in [0.15, 0.2) is 5.82 Å². The van der Waals surface area contributed by atoms with E-state index in [0.717, 1.165) is 37.5 Å². The zero-order valence-corrected chi connectivity index (χ0v) is 10.4. The van der Waals surface area contributed by atoms with Crippen LogP contribution >= 0.6 is 11.5 Å². The van der Waals surface area contributed by atoms with Crippen LogP contribution in [0, 0.1) is 11.3 Å². The molecule has 0 unspecified atom stereocenters. The van der Waals surface area contributed by atoms with Crippen LogP contribution in [0.15, 0.2) is 0 Å². The van der Waals surface area contributed by atoms with E-state index in [1.54, 1.807) is 6.92 Å². The minimum absolute atomic E-state index is 0.305. The Labute approximate surface area is 104 Å². The van der Waals surface area contributed by atoms with Crippen molar-refractivity contribution in [1.82, 2.24) is 4.37 Å². The summed E-state index contributed by atoms with van der Waals surface area (Å²) in [6, 6.07) is 2.01. The first-order valence-corrected chi connectivity index (χ1v) is 6.37. The maximum absolute atomic E-state index is 11.8. The van der Waals surface area contributed by atoms with Gasteiger partial charge >= 0.3 is 5.97 Å². The number of anilines is 1. The van der Waals surface area contributed by atoms with Gasteiger partial charge in [0, 0.05) is 13.1 Å². The van der Waals surface area contributed by atoms with Crippen molar-refractivity contribution in [2.24, 2.45) is 0 Å². The fourth-order valence-electron chi connectivity index (χ4n) is 1.89. The van der Waals surface area contributed by atoms with Gasteiger partial charge in [0.1, 0.15) is 16.5 Å². The highest BCUT2D eigenvalue weighted by Gasteiger charge is 2.27. The van der Waals surface area contributed by atoms with Crippen molar-refractivity contribution in [3.05, 3.63) is 10.4 Å². The number of nitrogens with zero attached hydrogens (tertiary/aromatic N) is 3. The van der Waals surface area contributed by atoms with Crippen LogP contribution in [0.3, 0.4) is 0 Å². The summed E-state index contributed by atoms with van der Waals surface area (Å²) in [4.78, 5) is 14.2. The number of rotatable bonds is 3. The number of hydrogen-bond acceptors (Lipinski definition) is 6. The van der Waals surface area contributed by atoms with Crippen LogP contribution in [-0.2, 0) is 4.74 Å². The average molecular weight is 251 g/mol. The third-order valence-corrected chi connectivity index (χ3v) is 3.40. The predicted molar refractivity (Wildman–Crippen MR) is 64.2 cm³/mol. The van der Waals surface area contributed by atoms with Crippen LogP contribution in [0.2, 0.25) is 0 Å². The number of ether oxygens (including phenoxy) is 1. The lowest BCUT2D eigenvalue weighted by molar-refractivity contribution is 0.0527. The van der Waals surface area contributed by atoms with Crippen molar-refractivity contribution in [3.63, 3.8) is 0 Å². The van der Waals surface area contributed by atoms with Gasteiger partial charge < -0.3 is 9.64 Å². The van der Waals surface area contributed by atoms with Gasteiger partial charge in [0.25, 0.3) is 0 Å². The Kier molecular flexibility index (Phi) is 3.59. The zero-order valence-electron chi connectivity index (χ0n) is 9.60. The van der Waals surface area contributed by atoms with Gasteiger partial charge in [-0.1, -0.05) is 0 Å². The molecular weight excluding hydrogens is 238 g/mol. The third-order valence-electron chi connectivity index (χ3n) is 2.66. The molecule has 1 aliphatic rings. The first kappa shape index (κ1) is 11.9. The quantitative estimate of drug-likeness (QED) is 0.766. The molecule has 1 aromatic rings. The maximum atomic E-state index is 11.8. The average Bonchev–Trinajstić information content (AvgIpc) is 2.97. The largest absolute Gasteiger partial charge is 0.462 e. The smallest absolute Gasteiger partial charge is 0.344 e. The van der Waals surface area contributed by atoms with Gasteiger partial charge in [-0.3, -0.25) is 0 Å². The lowest BCUT2D eigenvalue weighted by Gasteiger charge is -2.15. The number of esters is 1. The SMILES string of the molecule is CCOC(=O)c1c(N2CCCC2)nsc1C#N. The third kappa shape index (κ3) is 2.24. The highest BCUT2D eigenvalue weighted by Crippen LogP contribution is 2.29. The van der Waals surface area contributed by atoms with Gasteiger partial charge in [-0.05, 0) is 31.3 Å². The lowest BCUT2D eigenvalue weighted by atomic mass is 10.2. The summed E-state index contributed by atoms with van der Waals surface area (Å²) in [7, 11) is 0. The molecule has 0 N–H and O–H groups in total. The summed E-state index contributed by atoms with van der Waals surface area (Å²) in [5.41, 5.74) is 0.334. The second-order valence-corrected chi connectivity index (χ2v) is 4.51. The van der Waals surface area contributed by atoms with E-state index < -0.39 is 5.97 Å². The molecular formula is C11H13N3O2S. The van der Waals surface area contributed by atoms with Crippen molar-refractivity contribution < 1.29 is 9.53 Å². The normalized spacial score (nSPS) is 14.7. The molecule has 0 bridgehead atoms. The van der Waals surface area contributed by atoms with Gasteiger partial charge in [-0.2, -0.15) is 9.64 Å². The molecule has 0 saturated carbocycles. The molecule has 17 heavy (non-hydrogen) atoms. The van der Waals surface area contributed by atoms with Crippen molar-refractivity contribution in [1.29, 1.82) is 5.26 Å². The maximum Gasteiger partial charge on any atom is 0.344 e. The van der Waals surface area contributed by atoms with E-state index in [1.807, 2.05) is 11.0 Å². The Morgan fingerprint density at radius 2 is 2.29 bits per heavy atom. The summed E-state index contributed by atoms with van der Waals surface area (Å²) < 4.78 is 9.20. The van der Waals surface area contributed by atoms with Gasteiger partial charge in [-0.25, -0.2) is 4.79 Å². The van der Waals surface area contributed by atoms with Crippen LogP contribution in [-0.4, -0.2) is 30.0 Å². The van der Waals surface area contributed by atoms with Crippen LogP contribution < -0.4 is 4.90 Å². The fourth-order valence-corrected chi connectivity index (χ4v) is 2.58. The number of hydrogen-bond donors (Lipinski definition) is 0. The molecule has 0 aromatic carbocycles. The molecule has 1 saturated heterocycles. The van der Waals surface area contributed by atoms with Gasteiger partial charge in [0.05, 0.1) is 6.61 Å². The second kappa shape index (κ2) is 5.15. The van der Waals surface area contributed by atoms with E-state index in [0.29, 0.717) is 22.9 Å². The number of carbonyl (C=O) groups is 1. The van der Waals surface area contributed by atoms with Crippen molar-refractivity contribution in [3.8, 4) is 6.07 Å². The standard InChI is InChI=1S/C11H13N3O2S/c1-2-16-11(15)9-8(7-12)17-13-10(9)14-5-3-4-6-14/h2-6H2,1H3. The topological polar surface area (TPSA) is 66.2 Å². The van der Waals surface area contributed by atoms with E-state index in [1.165, 1.54) is 0 Å². The number of aromatic nitrogens is 1. The highest BCUT2D eigenvalue weighted by molar-refractivity contribution is 7.07. The second-order valence-electron chi connectivity index (χ2n) is 3.74. The summed E-state index contributed by atoms with van der Waals surface area (Å²) in [6.07, 6.45) is 2.20. The molecule has 0 radical (unpaired) electrons. The van der Waals surface area contributed by atoms with Crippen molar-refractivity contribution in [2.45, 2.75) is 19.8 Å². The Bertz CT molecular complexity index is 458. The highest BCUT2D eigenvalue weighted by atomic mass is 32.1. The van der Waals surface area contributed by atoms with E-state index in [4.69, 9.17) is 10.00 Å². The Balaban J connectivity index is 2.35. The molecule has 90 valence electrons. The van der Waals surface area contributed by atoms with E-state index in [9.17, 15) is 4.79 Å². The number of nitriles is 1. The molecule has 6 heteroatoms. The molecule has 2 heterocycles. The minimum Gasteiger partial charge on any atom is -0.462 e. The van der Waals surface area contributed by atoms with E-state index >= 15 is 0 Å². The molecule has 5 nitrogen and oxygen atoms in total. The van der Waals surface area contributed by atoms with E-state index in [2.05, 4.69) is 4.37 Å². The van der Waals surface area contributed by atoms with Crippen molar-refractivity contribution >= 4 is 23.3 Å². The Hall–Kier alpha value is -1.61. The summed E-state index contributed by atoms with van der Waals surface area (Å²) in [5.74, 6) is 0.169. The molecule has 0 atom stereocenters. The monoisotopic (exact) mass is 251 g/mol. The Morgan fingerprint density at radius 1 is 1.59 bits per heavy atom.